The van der Waals surface area contributed by atoms with Crippen molar-refractivity contribution >= 4 is 23.4 Å². The molecule has 3 rings (SSSR count). The first kappa shape index (κ1) is 18.8. The van der Waals surface area contributed by atoms with Crippen molar-refractivity contribution in [2.45, 2.75) is 11.5 Å². The minimum Gasteiger partial charge on any atom is -0.489 e. The number of nitrogens with one attached hydrogen (secondary N) is 1. The van der Waals surface area contributed by atoms with E-state index in [-0.39, 0.29) is 5.91 Å². The van der Waals surface area contributed by atoms with Gasteiger partial charge in [-0.05, 0) is 42.0 Å². The van der Waals surface area contributed by atoms with E-state index in [1.54, 1.807) is 11.8 Å². The molecule has 0 saturated carbocycles. The van der Waals surface area contributed by atoms with Crippen LogP contribution < -0.4 is 10.1 Å². The Kier molecular flexibility index (Phi) is 6.72. The van der Waals surface area contributed by atoms with Crippen LogP contribution in [0.1, 0.15) is 15.9 Å². The van der Waals surface area contributed by atoms with Crippen LogP contribution in [0, 0.1) is 0 Å². The number of hydrogen-bond acceptors (Lipinski definition) is 3. The zero-order valence-corrected chi connectivity index (χ0v) is 15.7. The lowest BCUT2D eigenvalue weighted by Crippen LogP contribution is -2.13. The van der Waals surface area contributed by atoms with Crippen LogP contribution in [0.4, 0.5) is 5.69 Å². The fraction of sp³-hybridized carbons (Fsp3) is 0.0870. The highest BCUT2D eigenvalue weighted by Crippen LogP contribution is 2.24. The van der Waals surface area contributed by atoms with Crippen molar-refractivity contribution in [3.05, 3.63) is 103 Å². The summed E-state index contributed by atoms with van der Waals surface area (Å²) in [7, 11) is 0. The maximum absolute atomic E-state index is 12.6. The van der Waals surface area contributed by atoms with Crippen LogP contribution in [0.15, 0.2) is 96.4 Å². The van der Waals surface area contributed by atoms with E-state index in [9.17, 15) is 4.79 Å². The summed E-state index contributed by atoms with van der Waals surface area (Å²) < 4.78 is 5.77. The molecule has 1 N–H and O–H groups in total. The molecule has 3 aromatic rings. The van der Waals surface area contributed by atoms with Crippen LogP contribution >= 0.6 is 11.8 Å². The molecule has 0 fully saturated rings. The molecule has 0 aliphatic rings. The molecule has 136 valence electrons. The minimum atomic E-state index is -0.125. The van der Waals surface area contributed by atoms with E-state index in [0.29, 0.717) is 12.2 Å². The van der Waals surface area contributed by atoms with Crippen molar-refractivity contribution in [3.63, 3.8) is 0 Å². The molecule has 4 heteroatoms. The van der Waals surface area contributed by atoms with Crippen LogP contribution in [-0.4, -0.2) is 11.7 Å². The van der Waals surface area contributed by atoms with Crippen LogP contribution in [0.25, 0.3) is 0 Å². The average molecular weight is 375 g/mol. The van der Waals surface area contributed by atoms with Gasteiger partial charge in [-0.2, -0.15) is 0 Å². The van der Waals surface area contributed by atoms with Gasteiger partial charge < -0.3 is 10.1 Å². The van der Waals surface area contributed by atoms with Gasteiger partial charge >= 0.3 is 0 Å². The van der Waals surface area contributed by atoms with Crippen LogP contribution in [0.5, 0.6) is 5.75 Å². The van der Waals surface area contributed by atoms with Crippen molar-refractivity contribution < 1.29 is 9.53 Å². The number of hydrogen-bond donors (Lipinski definition) is 1. The molecule has 0 aliphatic carbocycles. The Labute approximate surface area is 164 Å². The third-order valence-corrected chi connectivity index (χ3v) is 4.92. The van der Waals surface area contributed by atoms with Gasteiger partial charge in [0.2, 0.25) is 0 Å². The number of ether oxygens (including phenoxy) is 1. The number of carbonyl (C=O) groups excluding carboxylic acids is 1. The summed E-state index contributed by atoms with van der Waals surface area (Å²) in [6, 6.07) is 25.0. The first-order valence-corrected chi connectivity index (χ1v) is 9.65. The molecule has 0 aromatic heterocycles. The molecule has 3 nitrogen and oxygen atoms in total. The largest absolute Gasteiger partial charge is 0.489 e. The van der Waals surface area contributed by atoms with Gasteiger partial charge in [0.05, 0.1) is 5.56 Å². The van der Waals surface area contributed by atoms with Gasteiger partial charge in [-0.3, -0.25) is 4.79 Å². The zero-order chi connectivity index (χ0) is 18.9. The predicted octanol–water partition coefficient (Wildman–Crippen LogP) is 5.80. The monoisotopic (exact) mass is 375 g/mol. The fourth-order valence-electron chi connectivity index (χ4n) is 2.50. The Morgan fingerprint density at radius 3 is 2.41 bits per heavy atom. The van der Waals surface area contributed by atoms with Crippen LogP contribution in [0.2, 0.25) is 0 Å². The molecule has 0 atom stereocenters. The molecule has 0 bridgehead atoms. The maximum Gasteiger partial charge on any atom is 0.256 e. The summed E-state index contributed by atoms with van der Waals surface area (Å²) in [4.78, 5) is 13.6. The molecule has 0 unspecified atom stereocenters. The second kappa shape index (κ2) is 9.64. The molecule has 27 heavy (non-hydrogen) atoms. The van der Waals surface area contributed by atoms with E-state index in [1.165, 1.54) is 0 Å². The highest BCUT2D eigenvalue weighted by atomic mass is 32.2. The van der Waals surface area contributed by atoms with E-state index in [0.717, 1.165) is 27.6 Å². The first-order chi connectivity index (χ1) is 13.3. The molecule has 0 radical (unpaired) electrons. The van der Waals surface area contributed by atoms with E-state index in [1.807, 2.05) is 84.9 Å². The topological polar surface area (TPSA) is 38.3 Å². The van der Waals surface area contributed by atoms with E-state index < -0.39 is 0 Å². The molecule has 1 amide bonds. The molecule has 3 aromatic carbocycles. The Morgan fingerprint density at radius 2 is 1.67 bits per heavy atom. The molecule has 0 spiro atoms. The van der Waals surface area contributed by atoms with Gasteiger partial charge in [0.15, 0.2) is 0 Å². The van der Waals surface area contributed by atoms with Crippen LogP contribution in [0.3, 0.4) is 0 Å². The standard InChI is InChI=1S/C23H21NO2S/c1-2-16-27-22-11-7-6-10-21(22)23(25)24-19-12-14-20(15-13-19)26-17-18-8-4-3-5-9-18/h2-15H,1,16-17H2,(H,24,25). The lowest BCUT2D eigenvalue weighted by molar-refractivity contribution is 0.102. The van der Waals surface area contributed by atoms with E-state index in [4.69, 9.17) is 4.74 Å². The zero-order valence-electron chi connectivity index (χ0n) is 14.9. The van der Waals surface area contributed by atoms with Crippen molar-refractivity contribution in [2.24, 2.45) is 0 Å². The summed E-state index contributed by atoms with van der Waals surface area (Å²) in [6.45, 7) is 4.24. The number of benzene rings is 3. The van der Waals surface area contributed by atoms with Gasteiger partial charge in [-0.1, -0.05) is 48.5 Å². The summed E-state index contributed by atoms with van der Waals surface area (Å²) in [5, 5.41) is 2.94. The van der Waals surface area contributed by atoms with Gasteiger partial charge in [0.1, 0.15) is 12.4 Å². The van der Waals surface area contributed by atoms with Gasteiger partial charge in [-0.15, -0.1) is 18.3 Å². The lowest BCUT2D eigenvalue weighted by atomic mass is 10.2. The minimum absolute atomic E-state index is 0.125. The highest BCUT2D eigenvalue weighted by molar-refractivity contribution is 7.99. The lowest BCUT2D eigenvalue weighted by Gasteiger charge is -2.10. The van der Waals surface area contributed by atoms with Crippen molar-refractivity contribution in [3.8, 4) is 5.75 Å². The smallest absolute Gasteiger partial charge is 0.256 e. The third kappa shape index (κ3) is 5.50. The summed E-state index contributed by atoms with van der Waals surface area (Å²) in [6.07, 6.45) is 1.83. The SMILES string of the molecule is C=CCSc1ccccc1C(=O)Nc1ccc(OCc2ccccc2)cc1. The number of carbonyl (C=O) groups is 1. The maximum atomic E-state index is 12.6. The van der Waals surface area contributed by atoms with Crippen molar-refractivity contribution in [2.75, 3.05) is 11.1 Å². The molecular formula is C23H21NO2S. The van der Waals surface area contributed by atoms with E-state index in [2.05, 4.69) is 11.9 Å². The Hall–Kier alpha value is -2.98. The number of thioether (sulfide) groups is 1. The second-order valence-corrected chi connectivity index (χ2v) is 6.91. The number of amides is 1. The fourth-order valence-corrected chi connectivity index (χ4v) is 3.29. The summed E-state index contributed by atoms with van der Waals surface area (Å²) in [5.41, 5.74) is 2.51. The Bertz CT molecular complexity index is 892. The van der Waals surface area contributed by atoms with E-state index >= 15 is 0 Å². The third-order valence-electron chi connectivity index (χ3n) is 3.85. The Balaban J connectivity index is 1.61. The summed E-state index contributed by atoms with van der Waals surface area (Å²) in [5.74, 6) is 1.40. The number of rotatable bonds is 8. The molecule has 0 aliphatic heterocycles. The summed E-state index contributed by atoms with van der Waals surface area (Å²) >= 11 is 1.59. The molecule has 0 heterocycles. The van der Waals surface area contributed by atoms with Gasteiger partial charge in [0, 0.05) is 16.3 Å². The Morgan fingerprint density at radius 1 is 0.963 bits per heavy atom. The number of anilines is 1. The van der Waals surface area contributed by atoms with Crippen molar-refractivity contribution in [1.29, 1.82) is 0 Å². The highest BCUT2D eigenvalue weighted by Gasteiger charge is 2.11. The quantitative estimate of drug-likeness (QED) is 0.400. The molecule has 0 saturated heterocycles. The van der Waals surface area contributed by atoms with Crippen LogP contribution in [-0.2, 0) is 6.61 Å². The second-order valence-electron chi connectivity index (χ2n) is 5.85. The molecular weight excluding hydrogens is 354 g/mol. The average Bonchev–Trinajstić information content (AvgIpc) is 2.72. The predicted molar refractivity (Wildman–Crippen MR) is 113 cm³/mol. The van der Waals surface area contributed by atoms with Gasteiger partial charge in [0.25, 0.3) is 5.91 Å². The normalized spacial score (nSPS) is 10.2. The van der Waals surface area contributed by atoms with Crippen molar-refractivity contribution in [1.82, 2.24) is 0 Å². The van der Waals surface area contributed by atoms with Gasteiger partial charge in [-0.25, -0.2) is 0 Å². The first-order valence-electron chi connectivity index (χ1n) is 8.67.